The second-order valence-corrected chi connectivity index (χ2v) is 5.74. The summed E-state index contributed by atoms with van der Waals surface area (Å²) in [5.41, 5.74) is 2.89. The van der Waals surface area contributed by atoms with Crippen LogP contribution in [0.15, 0.2) is 46.9 Å². The maximum Gasteiger partial charge on any atom is 0.202 e. The Morgan fingerprint density at radius 1 is 1.10 bits per heavy atom. The maximum atomic E-state index is 12.3. The van der Waals surface area contributed by atoms with Crippen molar-refractivity contribution in [3.05, 3.63) is 63.6 Å². The first-order valence-electron chi connectivity index (χ1n) is 6.51. The number of carbonyl (C=O) groups is 1. The van der Waals surface area contributed by atoms with E-state index in [2.05, 4.69) is 15.9 Å². The van der Waals surface area contributed by atoms with Crippen molar-refractivity contribution >= 4 is 21.7 Å². The highest BCUT2D eigenvalue weighted by molar-refractivity contribution is 9.10. The summed E-state index contributed by atoms with van der Waals surface area (Å²) in [5, 5.41) is 0. The third-order valence-electron chi connectivity index (χ3n) is 3.36. The lowest BCUT2D eigenvalue weighted by Crippen LogP contribution is -2.24. The smallest absolute Gasteiger partial charge is 0.202 e. The Bertz CT molecular complexity index is 617. The van der Waals surface area contributed by atoms with Crippen molar-refractivity contribution in [3.8, 4) is 5.75 Å². The van der Waals surface area contributed by atoms with Gasteiger partial charge in [0.2, 0.25) is 5.78 Å². The molecule has 0 bridgehead atoms. The van der Waals surface area contributed by atoms with Crippen LogP contribution in [0, 0.1) is 13.8 Å². The molecule has 0 spiro atoms. The fourth-order valence-corrected chi connectivity index (χ4v) is 2.21. The molecule has 0 aliphatic carbocycles. The van der Waals surface area contributed by atoms with Gasteiger partial charge in [-0.2, -0.15) is 0 Å². The van der Waals surface area contributed by atoms with Crippen molar-refractivity contribution < 1.29 is 9.53 Å². The average molecular weight is 333 g/mol. The van der Waals surface area contributed by atoms with E-state index < -0.39 is 6.10 Å². The zero-order valence-electron chi connectivity index (χ0n) is 11.8. The Labute approximate surface area is 127 Å². The van der Waals surface area contributed by atoms with Crippen LogP contribution in [0.25, 0.3) is 0 Å². The molecule has 0 radical (unpaired) electrons. The van der Waals surface area contributed by atoms with E-state index in [0.29, 0.717) is 5.56 Å². The van der Waals surface area contributed by atoms with Gasteiger partial charge in [-0.05, 0) is 50.1 Å². The minimum Gasteiger partial charge on any atom is -0.482 e. The van der Waals surface area contributed by atoms with Gasteiger partial charge in [-0.15, -0.1) is 0 Å². The fraction of sp³-hybridized carbons (Fsp3) is 0.235. The number of benzene rings is 2. The van der Waals surface area contributed by atoms with Crippen molar-refractivity contribution in [1.29, 1.82) is 0 Å². The molecule has 0 aromatic heterocycles. The van der Waals surface area contributed by atoms with Gasteiger partial charge in [0, 0.05) is 10.0 Å². The second kappa shape index (κ2) is 6.23. The van der Waals surface area contributed by atoms with E-state index in [1.807, 2.05) is 44.2 Å². The molecule has 0 aliphatic rings. The number of aryl methyl sites for hydroxylation is 1. The number of carbonyl (C=O) groups excluding carboxylic acids is 1. The van der Waals surface area contributed by atoms with Crippen molar-refractivity contribution in [1.82, 2.24) is 0 Å². The lowest BCUT2D eigenvalue weighted by Gasteiger charge is -2.16. The van der Waals surface area contributed by atoms with Gasteiger partial charge in [-0.1, -0.05) is 40.2 Å². The van der Waals surface area contributed by atoms with E-state index in [9.17, 15) is 4.79 Å². The molecule has 1 atom stereocenters. The van der Waals surface area contributed by atoms with Crippen molar-refractivity contribution in [3.63, 3.8) is 0 Å². The Balaban J connectivity index is 2.15. The molecular weight excluding hydrogens is 316 g/mol. The molecule has 3 heteroatoms. The van der Waals surface area contributed by atoms with Crippen molar-refractivity contribution in [2.24, 2.45) is 0 Å². The van der Waals surface area contributed by atoms with Crippen LogP contribution >= 0.6 is 15.9 Å². The van der Waals surface area contributed by atoms with Gasteiger partial charge in [-0.25, -0.2) is 0 Å². The summed E-state index contributed by atoms with van der Waals surface area (Å²) in [7, 11) is 0. The summed E-state index contributed by atoms with van der Waals surface area (Å²) in [6.07, 6.45) is -0.503. The van der Waals surface area contributed by atoms with Crippen LogP contribution < -0.4 is 4.74 Å². The maximum absolute atomic E-state index is 12.3. The summed E-state index contributed by atoms with van der Waals surface area (Å²) in [5.74, 6) is 0.751. The second-order valence-electron chi connectivity index (χ2n) is 4.83. The third-order valence-corrected chi connectivity index (χ3v) is 3.89. The SMILES string of the molecule is Cc1cccc(OC(C)C(=O)c2ccc(Br)cc2)c1C. The Hall–Kier alpha value is -1.61. The zero-order chi connectivity index (χ0) is 14.7. The van der Waals surface area contributed by atoms with Crippen molar-refractivity contribution in [2.75, 3.05) is 0 Å². The number of Topliss-reactive ketones (excluding diaryl/α,β-unsaturated/α-hetero) is 1. The van der Waals surface area contributed by atoms with Crippen LogP contribution in [0.1, 0.15) is 28.4 Å². The molecule has 0 fully saturated rings. The summed E-state index contributed by atoms with van der Waals surface area (Å²) in [6.45, 7) is 5.82. The first kappa shape index (κ1) is 14.8. The lowest BCUT2D eigenvalue weighted by atomic mass is 10.1. The van der Waals surface area contributed by atoms with E-state index in [-0.39, 0.29) is 5.78 Å². The molecule has 2 rings (SSSR count). The van der Waals surface area contributed by atoms with E-state index in [1.54, 1.807) is 19.1 Å². The molecule has 0 saturated carbocycles. The molecule has 2 aromatic carbocycles. The molecule has 104 valence electrons. The van der Waals surface area contributed by atoms with E-state index >= 15 is 0 Å². The van der Waals surface area contributed by atoms with Crippen LogP contribution in [0.4, 0.5) is 0 Å². The van der Waals surface area contributed by atoms with Crippen LogP contribution in [0.3, 0.4) is 0 Å². The fourth-order valence-electron chi connectivity index (χ4n) is 1.94. The predicted octanol–water partition coefficient (Wildman–Crippen LogP) is 4.72. The monoisotopic (exact) mass is 332 g/mol. The van der Waals surface area contributed by atoms with Gasteiger partial charge in [0.25, 0.3) is 0 Å². The Morgan fingerprint density at radius 3 is 2.40 bits per heavy atom. The first-order valence-corrected chi connectivity index (χ1v) is 7.31. The van der Waals surface area contributed by atoms with Gasteiger partial charge in [-0.3, -0.25) is 4.79 Å². The van der Waals surface area contributed by atoms with Gasteiger partial charge >= 0.3 is 0 Å². The summed E-state index contributed by atoms with van der Waals surface area (Å²) in [6, 6.07) is 13.2. The molecule has 0 N–H and O–H groups in total. The normalized spacial score (nSPS) is 12.0. The minimum atomic E-state index is -0.503. The number of ketones is 1. The van der Waals surface area contributed by atoms with E-state index in [1.165, 1.54) is 0 Å². The van der Waals surface area contributed by atoms with E-state index in [4.69, 9.17) is 4.74 Å². The molecule has 20 heavy (non-hydrogen) atoms. The van der Waals surface area contributed by atoms with Crippen LogP contribution in [-0.2, 0) is 0 Å². The summed E-state index contributed by atoms with van der Waals surface area (Å²) in [4.78, 5) is 12.3. The average Bonchev–Trinajstić information content (AvgIpc) is 2.44. The number of ether oxygens (including phenoxy) is 1. The topological polar surface area (TPSA) is 26.3 Å². The number of rotatable bonds is 4. The molecule has 0 heterocycles. The number of hydrogen-bond donors (Lipinski definition) is 0. The molecule has 1 unspecified atom stereocenters. The van der Waals surface area contributed by atoms with Crippen LogP contribution in [-0.4, -0.2) is 11.9 Å². The van der Waals surface area contributed by atoms with Gasteiger partial charge in [0.05, 0.1) is 0 Å². The zero-order valence-corrected chi connectivity index (χ0v) is 13.4. The molecule has 0 aliphatic heterocycles. The predicted molar refractivity (Wildman–Crippen MR) is 84.5 cm³/mol. The first-order chi connectivity index (χ1) is 9.49. The minimum absolute atomic E-state index is 0.0154. The number of halogens is 1. The molecule has 0 saturated heterocycles. The van der Waals surface area contributed by atoms with Crippen LogP contribution in [0.5, 0.6) is 5.75 Å². The highest BCUT2D eigenvalue weighted by atomic mass is 79.9. The summed E-state index contributed by atoms with van der Waals surface area (Å²) < 4.78 is 6.77. The molecule has 2 nitrogen and oxygen atoms in total. The third kappa shape index (κ3) is 3.28. The summed E-state index contributed by atoms with van der Waals surface area (Å²) >= 11 is 3.36. The quantitative estimate of drug-likeness (QED) is 0.757. The van der Waals surface area contributed by atoms with Gasteiger partial charge < -0.3 is 4.74 Å². The molecular formula is C17H17BrO2. The van der Waals surface area contributed by atoms with Crippen LogP contribution in [0.2, 0.25) is 0 Å². The lowest BCUT2D eigenvalue weighted by molar-refractivity contribution is 0.0817. The van der Waals surface area contributed by atoms with Gasteiger partial charge in [0.15, 0.2) is 6.10 Å². The Morgan fingerprint density at radius 2 is 1.75 bits per heavy atom. The standard InChI is InChI=1S/C17H17BrO2/c1-11-5-4-6-16(12(11)2)20-13(3)17(19)14-7-9-15(18)10-8-14/h4-10,13H,1-3H3. The Kier molecular flexibility index (Phi) is 4.61. The van der Waals surface area contributed by atoms with Gasteiger partial charge in [0.1, 0.15) is 5.75 Å². The molecule has 0 amide bonds. The van der Waals surface area contributed by atoms with E-state index in [0.717, 1.165) is 21.3 Å². The number of hydrogen-bond acceptors (Lipinski definition) is 2. The molecule has 2 aromatic rings. The van der Waals surface area contributed by atoms with Crippen molar-refractivity contribution in [2.45, 2.75) is 26.9 Å². The largest absolute Gasteiger partial charge is 0.482 e. The highest BCUT2D eigenvalue weighted by Crippen LogP contribution is 2.22. The highest BCUT2D eigenvalue weighted by Gasteiger charge is 2.17.